The number of hydrogen-bond acceptors (Lipinski definition) is 3. The number of carbonyl (C=O) groups is 1. The average Bonchev–Trinajstić information content (AvgIpc) is 2.91. The summed E-state index contributed by atoms with van der Waals surface area (Å²) in [5.41, 5.74) is 0. The quantitative estimate of drug-likeness (QED) is 0.824. The average molecular weight is 368 g/mol. The Morgan fingerprint density at radius 2 is 1.56 bits per heavy atom. The van der Waals surface area contributed by atoms with Crippen LogP contribution in [0.3, 0.4) is 0 Å². The molecule has 0 unspecified atom stereocenters. The van der Waals surface area contributed by atoms with Crippen LogP contribution < -0.4 is 0 Å². The molecule has 0 atom stereocenters. The molecule has 0 spiro atoms. The Balaban J connectivity index is 1.63. The van der Waals surface area contributed by atoms with Crippen LogP contribution in [0.1, 0.15) is 38.5 Å². The van der Waals surface area contributed by atoms with Gasteiger partial charge in [-0.1, -0.05) is 25.0 Å². The monoisotopic (exact) mass is 368 g/mol. The predicted octanol–water partition coefficient (Wildman–Crippen LogP) is 2.63. The van der Waals surface area contributed by atoms with Crippen LogP contribution in [0.25, 0.3) is 0 Å². The minimum absolute atomic E-state index is 0.120. The summed E-state index contributed by atoms with van der Waals surface area (Å²) in [4.78, 5) is 14.3. The van der Waals surface area contributed by atoms with E-state index >= 15 is 0 Å². The Kier molecular flexibility index (Phi) is 5.74. The lowest BCUT2D eigenvalue weighted by Gasteiger charge is -2.33. The van der Waals surface area contributed by atoms with Gasteiger partial charge in [-0.15, -0.1) is 0 Å². The summed E-state index contributed by atoms with van der Waals surface area (Å²) in [5.74, 6) is -0.694. The smallest absolute Gasteiger partial charge is 0.245 e. The topological polar surface area (TPSA) is 57.7 Å². The first-order chi connectivity index (χ1) is 12.0. The third-order valence-electron chi connectivity index (χ3n) is 5.18. The third-order valence-corrected chi connectivity index (χ3v) is 7.11. The van der Waals surface area contributed by atoms with E-state index in [0.29, 0.717) is 12.8 Å². The van der Waals surface area contributed by atoms with Gasteiger partial charge < -0.3 is 4.90 Å². The highest BCUT2D eigenvalue weighted by Gasteiger charge is 2.34. The zero-order valence-electron chi connectivity index (χ0n) is 14.4. The molecule has 0 N–H and O–H groups in total. The molecule has 7 heteroatoms. The van der Waals surface area contributed by atoms with Crippen molar-refractivity contribution < 1.29 is 17.6 Å². The van der Waals surface area contributed by atoms with Gasteiger partial charge in [0.25, 0.3) is 0 Å². The van der Waals surface area contributed by atoms with Crippen molar-refractivity contribution in [2.45, 2.75) is 43.4 Å². The van der Waals surface area contributed by atoms with E-state index < -0.39 is 15.8 Å². The van der Waals surface area contributed by atoms with Crippen LogP contribution in [0, 0.1) is 11.7 Å². The van der Waals surface area contributed by atoms with Gasteiger partial charge in [-0.3, -0.25) is 4.79 Å². The number of likely N-dealkylation sites (tertiary alicyclic amines) is 1. The van der Waals surface area contributed by atoms with Crippen molar-refractivity contribution in [1.29, 1.82) is 0 Å². The normalized spacial score (nSPS) is 21.1. The van der Waals surface area contributed by atoms with Crippen LogP contribution in [-0.4, -0.2) is 49.7 Å². The van der Waals surface area contributed by atoms with Crippen molar-refractivity contribution in [2.24, 2.45) is 5.92 Å². The molecule has 138 valence electrons. The van der Waals surface area contributed by atoms with Crippen LogP contribution in [-0.2, 0) is 14.8 Å². The van der Waals surface area contributed by atoms with Gasteiger partial charge in [0.2, 0.25) is 15.9 Å². The predicted molar refractivity (Wildman–Crippen MR) is 92.9 cm³/mol. The maximum absolute atomic E-state index is 13.9. The molecule has 0 aromatic heterocycles. The Morgan fingerprint density at radius 3 is 2.16 bits per heavy atom. The second-order valence-corrected chi connectivity index (χ2v) is 8.75. The van der Waals surface area contributed by atoms with Crippen LogP contribution in [0.2, 0.25) is 0 Å². The summed E-state index contributed by atoms with van der Waals surface area (Å²) in [7, 11) is -3.84. The molecule has 5 nitrogen and oxygen atoms in total. The lowest BCUT2D eigenvalue weighted by molar-refractivity contribution is -0.136. The summed E-state index contributed by atoms with van der Waals surface area (Å²) in [6, 6.07) is 5.44. The number of piperidine rings is 1. The van der Waals surface area contributed by atoms with E-state index in [1.54, 1.807) is 0 Å². The first-order valence-electron chi connectivity index (χ1n) is 9.03. The minimum atomic E-state index is -3.84. The molecule has 0 aliphatic carbocycles. The fourth-order valence-electron chi connectivity index (χ4n) is 3.69. The molecule has 1 aromatic carbocycles. The van der Waals surface area contributed by atoms with E-state index in [0.717, 1.165) is 32.0 Å². The molecular weight excluding hydrogens is 343 g/mol. The lowest BCUT2D eigenvalue weighted by Crippen LogP contribution is -2.44. The van der Waals surface area contributed by atoms with E-state index in [-0.39, 0.29) is 29.8 Å². The second kappa shape index (κ2) is 7.83. The van der Waals surface area contributed by atoms with Gasteiger partial charge in [-0.25, -0.2) is 12.8 Å². The van der Waals surface area contributed by atoms with E-state index in [9.17, 15) is 17.6 Å². The molecule has 1 amide bonds. The van der Waals surface area contributed by atoms with Crippen molar-refractivity contribution in [3.63, 3.8) is 0 Å². The van der Waals surface area contributed by atoms with Crippen LogP contribution in [0.4, 0.5) is 4.39 Å². The molecule has 2 saturated heterocycles. The zero-order chi connectivity index (χ0) is 17.9. The summed E-state index contributed by atoms with van der Waals surface area (Å²) >= 11 is 0. The fourth-order valence-corrected chi connectivity index (χ4v) is 5.22. The van der Waals surface area contributed by atoms with E-state index in [1.807, 2.05) is 4.90 Å². The molecule has 2 heterocycles. The van der Waals surface area contributed by atoms with Crippen LogP contribution >= 0.6 is 0 Å². The van der Waals surface area contributed by atoms with E-state index in [2.05, 4.69) is 0 Å². The summed E-state index contributed by atoms with van der Waals surface area (Å²) in [5, 5.41) is 0. The number of nitrogens with zero attached hydrogens (tertiary/aromatic N) is 2. The molecule has 2 aliphatic rings. The van der Waals surface area contributed by atoms with E-state index in [4.69, 9.17) is 0 Å². The maximum Gasteiger partial charge on any atom is 0.245 e. The van der Waals surface area contributed by atoms with Crippen molar-refractivity contribution in [2.75, 3.05) is 26.2 Å². The standard InChI is InChI=1S/C18H25FN2O3S/c19-16-7-3-4-8-17(16)25(23,24)21-13-9-15(10-14-21)18(22)20-11-5-1-2-6-12-20/h3-4,7-8,15H,1-2,5-6,9-14H2. The Labute approximate surface area is 148 Å². The summed E-state index contributed by atoms with van der Waals surface area (Å²) in [6.07, 6.45) is 5.44. The van der Waals surface area contributed by atoms with E-state index in [1.165, 1.54) is 35.3 Å². The lowest BCUT2D eigenvalue weighted by atomic mass is 9.96. The van der Waals surface area contributed by atoms with Gasteiger partial charge in [0, 0.05) is 32.1 Å². The second-order valence-electron chi connectivity index (χ2n) is 6.85. The maximum atomic E-state index is 13.9. The van der Waals surface area contributed by atoms with Gasteiger partial charge in [0.05, 0.1) is 0 Å². The van der Waals surface area contributed by atoms with Crippen molar-refractivity contribution in [1.82, 2.24) is 9.21 Å². The molecule has 2 aliphatic heterocycles. The fraction of sp³-hybridized carbons (Fsp3) is 0.611. The molecule has 0 saturated carbocycles. The molecule has 1 aromatic rings. The number of sulfonamides is 1. The van der Waals surface area contributed by atoms with Gasteiger partial charge >= 0.3 is 0 Å². The molecule has 0 radical (unpaired) electrons. The van der Waals surface area contributed by atoms with Gasteiger partial charge in [0.1, 0.15) is 10.7 Å². The number of halogens is 1. The Bertz CT molecular complexity index is 707. The first-order valence-corrected chi connectivity index (χ1v) is 10.5. The van der Waals surface area contributed by atoms with Crippen molar-refractivity contribution in [3.05, 3.63) is 30.1 Å². The van der Waals surface area contributed by atoms with Crippen molar-refractivity contribution in [3.8, 4) is 0 Å². The number of amides is 1. The van der Waals surface area contributed by atoms with Crippen LogP contribution in [0.15, 0.2) is 29.2 Å². The molecule has 3 rings (SSSR count). The highest BCUT2D eigenvalue weighted by molar-refractivity contribution is 7.89. The number of carbonyl (C=O) groups excluding carboxylic acids is 1. The largest absolute Gasteiger partial charge is 0.342 e. The molecular formula is C18H25FN2O3S. The Morgan fingerprint density at radius 1 is 0.960 bits per heavy atom. The number of benzene rings is 1. The van der Waals surface area contributed by atoms with Crippen molar-refractivity contribution >= 4 is 15.9 Å². The minimum Gasteiger partial charge on any atom is -0.342 e. The summed E-state index contributed by atoms with van der Waals surface area (Å²) in [6.45, 7) is 2.15. The molecule has 2 fully saturated rings. The molecule has 25 heavy (non-hydrogen) atoms. The SMILES string of the molecule is O=C(C1CCN(S(=O)(=O)c2ccccc2F)CC1)N1CCCCCC1. The van der Waals surface area contributed by atoms with Gasteiger partial charge in [0.15, 0.2) is 0 Å². The highest BCUT2D eigenvalue weighted by atomic mass is 32.2. The number of rotatable bonds is 3. The van der Waals surface area contributed by atoms with Gasteiger partial charge in [-0.05, 0) is 37.8 Å². The summed E-state index contributed by atoms with van der Waals surface area (Å²) < 4.78 is 40.4. The Hall–Kier alpha value is -1.47. The molecule has 0 bridgehead atoms. The number of hydrogen-bond donors (Lipinski definition) is 0. The first kappa shape index (κ1) is 18.3. The highest BCUT2D eigenvalue weighted by Crippen LogP contribution is 2.27. The zero-order valence-corrected chi connectivity index (χ0v) is 15.2. The van der Waals surface area contributed by atoms with Gasteiger partial charge in [-0.2, -0.15) is 4.31 Å². The third kappa shape index (κ3) is 4.03. The van der Waals surface area contributed by atoms with Crippen LogP contribution in [0.5, 0.6) is 0 Å².